The topological polar surface area (TPSA) is 80.9 Å². The van der Waals surface area contributed by atoms with Crippen LogP contribution < -0.4 is 30.2 Å². The minimum Gasteiger partial charge on any atom is -0.493 e. The highest BCUT2D eigenvalue weighted by Gasteiger charge is 2.31. The molecule has 3 N–H and O–H groups in total. The fraction of sp³-hybridized carbons (Fsp3) is 0.304. The summed E-state index contributed by atoms with van der Waals surface area (Å²) in [6, 6.07) is 9.01. The second-order valence-electron chi connectivity index (χ2n) is 7.30. The van der Waals surface area contributed by atoms with E-state index in [9.17, 15) is 4.79 Å². The Morgan fingerprint density at radius 2 is 1.65 bits per heavy atom. The lowest BCUT2D eigenvalue weighted by Gasteiger charge is -2.31. The van der Waals surface area contributed by atoms with Crippen molar-refractivity contribution in [2.75, 3.05) is 26.6 Å². The molecule has 0 saturated heterocycles. The molecule has 0 aliphatic carbocycles. The lowest BCUT2D eigenvalue weighted by Crippen LogP contribution is -2.45. The zero-order chi connectivity index (χ0) is 22.7. The van der Waals surface area contributed by atoms with Gasteiger partial charge in [0.25, 0.3) is 5.91 Å². The maximum Gasteiger partial charge on any atom is 0.255 e. The van der Waals surface area contributed by atoms with Crippen LogP contribution in [-0.2, 0) is 4.79 Å². The van der Waals surface area contributed by atoms with Gasteiger partial charge in [-0.25, -0.2) is 0 Å². The van der Waals surface area contributed by atoms with Crippen LogP contribution >= 0.6 is 12.2 Å². The van der Waals surface area contributed by atoms with Crippen molar-refractivity contribution in [2.24, 2.45) is 0 Å². The Hall–Kier alpha value is -3.26. The highest BCUT2D eigenvalue weighted by Crippen LogP contribution is 2.41. The molecule has 1 atom stereocenters. The van der Waals surface area contributed by atoms with Gasteiger partial charge in [0.1, 0.15) is 0 Å². The van der Waals surface area contributed by atoms with Gasteiger partial charge in [0.2, 0.25) is 5.75 Å². The van der Waals surface area contributed by atoms with Gasteiger partial charge in [0.05, 0.1) is 32.9 Å². The van der Waals surface area contributed by atoms with Crippen LogP contribution in [0.1, 0.15) is 29.7 Å². The van der Waals surface area contributed by atoms with Crippen molar-refractivity contribution < 1.29 is 19.0 Å². The van der Waals surface area contributed by atoms with Crippen molar-refractivity contribution in [1.82, 2.24) is 10.6 Å². The number of carbonyl (C=O) groups excluding carboxylic acids is 1. The van der Waals surface area contributed by atoms with Gasteiger partial charge in [-0.1, -0.05) is 17.7 Å². The van der Waals surface area contributed by atoms with E-state index in [0.717, 1.165) is 22.4 Å². The standard InChI is InChI=1S/C23H27N3O4S/c1-12-7-8-16(13(2)9-12)25-22(27)19-14(3)24-23(31)26-20(19)15-10-17(28-4)21(30-6)18(11-15)29-5/h7-11,20H,1-6H3,(H,25,27)(H2,24,26,31)/t20-/m0/s1. The molecule has 0 aromatic heterocycles. The number of thiocarbonyl (C=S) groups is 1. The van der Waals surface area contributed by atoms with Gasteiger partial charge in [-0.05, 0) is 62.3 Å². The Kier molecular flexibility index (Phi) is 6.70. The molecule has 164 valence electrons. The number of ether oxygens (including phenoxy) is 3. The number of hydrogen-bond acceptors (Lipinski definition) is 5. The number of rotatable bonds is 6. The number of allylic oxidation sites excluding steroid dienone is 1. The van der Waals surface area contributed by atoms with Gasteiger partial charge >= 0.3 is 0 Å². The first kappa shape index (κ1) is 22.4. The molecule has 0 unspecified atom stereocenters. The van der Waals surface area contributed by atoms with E-state index in [1.807, 2.05) is 51.1 Å². The molecule has 8 heteroatoms. The molecule has 31 heavy (non-hydrogen) atoms. The van der Waals surface area contributed by atoms with Gasteiger partial charge < -0.3 is 30.2 Å². The van der Waals surface area contributed by atoms with Crippen molar-refractivity contribution in [1.29, 1.82) is 0 Å². The van der Waals surface area contributed by atoms with Gasteiger partial charge in [-0.3, -0.25) is 4.79 Å². The van der Waals surface area contributed by atoms with Gasteiger partial charge in [0.15, 0.2) is 16.6 Å². The third-order valence-electron chi connectivity index (χ3n) is 5.16. The maximum atomic E-state index is 13.4. The van der Waals surface area contributed by atoms with Crippen molar-refractivity contribution >= 4 is 28.9 Å². The fourth-order valence-corrected chi connectivity index (χ4v) is 3.93. The summed E-state index contributed by atoms with van der Waals surface area (Å²) in [6.07, 6.45) is 0. The van der Waals surface area contributed by atoms with Crippen molar-refractivity contribution in [3.05, 3.63) is 58.3 Å². The van der Waals surface area contributed by atoms with Crippen molar-refractivity contribution in [3.63, 3.8) is 0 Å². The summed E-state index contributed by atoms with van der Waals surface area (Å²) in [4.78, 5) is 13.4. The van der Waals surface area contributed by atoms with E-state index in [0.29, 0.717) is 33.6 Å². The molecule has 0 bridgehead atoms. The zero-order valence-electron chi connectivity index (χ0n) is 18.5. The maximum absolute atomic E-state index is 13.4. The minimum absolute atomic E-state index is 0.231. The molecule has 1 heterocycles. The van der Waals surface area contributed by atoms with Crippen LogP contribution in [0.4, 0.5) is 5.69 Å². The van der Waals surface area contributed by atoms with Crippen molar-refractivity contribution in [2.45, 2.75) is 26.8 Å². The summed E-state index contributed by atoms with van der Waals surface area (Å²) < 4.78 is 16.4. The van der Waals surface area contributed by atoms with Crippen LogP contribution in [-0.4, -0.2) is 32.3 Å². The summed E-state index contributed by atoms with van der Waals surface area (Å²) in [5, 5.41) is 9.70. The number of hydrogen-bond donors (Lipinski definition) is 3. The summed E-state index contributed by atoms with van der Waals surface area (Å²) in [7, 11) is 4.65. The van der Waals surface area contributed by atoms with Crippen molar-refractivity contribution in [3.8, 4) is 17.2 Å². The predicted molar refractivity (Wildman–Crippen MR) is 125 cm³/mol. The van der Waals surface area contributed by atoms with E-state index in [4.69, 9.17) is 26.4 Å². The van der Waals surface area contributed by atoms with E-state index < -0.39 is 6.04 Å². The van der Waals surface area contributed by atoms with E-state index in [1.54, 1.807) is 21.3 Å². The molecule has 0 radical (unpaired) electrons. The molecule has 1 amide bonds. The number of benzene rings is 2. The Balaban J connectivity index is 2.05. The van der Waals surface area contributed by atoms with E-state index in [-0.39, 0.29) is 5.91 Å². The first-order chi connectivity index (χ1) is 14.8. The number of aryl methyl sites for hydroxylation is 2. The Labute approximate surface area is 187 Å². The van der Waals surface area contributed by atoms with Crippen LogP contribution in [0.25, 0.3) is 0 Å². The monoisotopic (exact) mass is 441 g/mol. The van der Waals surface area contributed by atoms with Gasteiger partial charge in [-0.15, -0.1) is 0 Å². The SMILES string of the molecule is COc1cc([C@@H]2NC(=S)NC(C)=C2C(=O)Nc2ccc(C)cc2C)cc(OC)c1OC. The normalized spacial score (nSPS) is 15.7. The smallest absolute Gasteiger partial charge is 0.255 e. The van der Waals surface area contributed by atoms with Crippen LogP contribution in [0.2, 0.25) is 0 Å². The lowest BCUT2D eigenvalue weighted by atomic mass is 9.94. The first-order valence-corrected chi connectivity index (χ1v) is 10.2. The van der Waals surface area contributed by atoms with E-state index in [2.05, 4.69) is 16.0 Å². The second-order valence-corrected chi connectivity index (χ2v) is 7.71. The minimum atomic E-state index is -0.506. The summed E-state index contributed by atoms with van der Waals surface area (Å²) >= 11 is 5.36. The number of anilines is 1. The highest BCUT2D eigenvalue weighted by molar-refractivity contribution is 7.80. The second kappa shape index (κ2) is 9.26. The molecule has 1 aliphatic heterocycles. The molecule has 2 aromatic rings. The van der Waals surface area contributed by atoms with E-state index in [1.165, 1.54) is 0 Å². The predicted octanol–water partition coefficient (Wildman–Crippen LogP) is 3.76. The van der Waals surface area contributed by atoms with Crippen LogP contribution in [0.15, 0.2) is 41.6 Å². The average Bonchev–Trinajstić information content (AvgIpc) is 2.73. The highest BCUT2D eigenvalue weighted by atomic mass is 32.1. The number of carbonyl (C=O) groups is 1. The van der Waals surface area contributed by atoms with Gasteiger partial charge in [-0.2, -0.15) is 0 Å². The number of nitrogens with one attached hydrogen (secondary N) is 3. The Morgan fingerprint density at radius 3 is 2.19 bits per heavy atom. The molecule has 0 saturated carbocycles. The first-order valence-electron chi connectivity index (χ1n) is 9.75. The number of amides is 1. The number of methoxy groups -OCH3 is 3. The zero-order valence-corrected chi connectivity index (χ0v) is 19.3. The lowest BCUT2D eigenvalue weighted by molar-refractivity contribution is -0.113. The fourth-order valence-electron chi connectivity index (χ4n) is 3.66. The van der Waals surface area contributed by atoms with Gasteiger partial charge in [0, 0.05) is 11.4 Å². The molecule has 7 nitrogen and oxygen atoms in total. The average molecular weight is 442 g/mol. The molecular weight excluding hydrogens is 414 g/mol. The summed E-state index contributed by atoms with van der Waals surface area (Å²) in [5.41, 5.74) is 4.82. The summed E-state index contributed by atoms with van der Waals surface area (Å²) in [6.45, 7) is 5.81. The molecule has 0 spiro atoms. The third kappa shape index (κ3) is 4.59. The Morgan fingerprint density at radius 1 is 1.00 bits per heavy atom. The molecule has 3 rings (SSSR count). The molecular formula is C23H27N3O4S. The summed E-state index contributed by atoms with van der Waals surface area (Å²) in [5.74, 6) is 1.24. The molecule has 1 aliphatic rings. The van der Waals surface area contributed by atoms with Crippen LogP contribution in [0, 0.1) is 13.8 Å². The molecule has 2 aromatic carbocycles. The quantitative estimate of drug-likeness (QED) is 0.589. The third-order valence-corrected chi connectivity index (χ3v) is 5.38. The van der Waals surface area contributed by atoms with Crippen LogP contribution in [0.5, 0.6) is 17.2 Å². The molecule has 0 fully saturated rings. The largest absolute Gasteiger partial charge is 0.493 e. The van der Waals surface area contributed by atoms with E-state index >= 15 is 0 Å². The Bertz CT molecular complexity index is 1040. The van der Waals surface area contributed by atoms with Crippen LogP contribution in [0.3, 0.4) is 0 Å².